The molecule has 1 amide bonds. The zero-order valence-corrected chi connectivity index (χ0v) is 18.8. The number of thioether (sulfide) groups is 1. The molecule has 0 unspecified atom stereocenters. The fraction of sp³-hybridized carbons (Fsp3) is 0.200. The minimum atomic E-state index is -3.90. The Morgan fingerprint density at radius 2 is 1.87 bits per heavy atom. The van der Waals surface area contributed by atoms with E-state index in [1.165, 1.54) is 31.0 Å². The highest BCUT2D eigenvalue weighted by atomic mass is 32.2. The molecule has 0 saturated heterocycles. The highest BCUT2D eigenvalue weighted by Crippen LogP contribution is 2.34. The molecule has 31 heavy (non-hydrogen) atoms. The van der Waals surface area contributed by atoms with Crippen LogP contribution in [0.5, 0.6) is 11.5 Å². The fourth-order valence-corrected chi connectivity index (χ4v) is 5.35. The molecule has 1 heterocycles. The third kappa shape index (κ3) is 4.62. The second-order valence-electron chi connectivity index (χ2n) is 6.31. The molecule has 0 fully saturated rings. The number of nitrogens with zero attached hydrogens (tertiary/aromatic N) is 2. The summed E-state index contributed by atoms with van der Waals surface area (Å²) in [5.41, 5.74) is 6.53. The monoisotopic (exact) mass is 462 g/mol. The van der Waals surface area contributed by atoms with E-state index >= 15 is 0 Å². The normalized spacial score (nSPS) is 11.2. The lowest BCUT2D eigenvalue weighted by atomic mass is 10.2. The van der Waals surface area contributed by atoms with E-state index in [4.69, 9.17) is 15.2 Å². The van der Waals surface area contributed by atoms with Crippen LogP contribution in [0.1, 0.15) is 0 Å². The molecule has 11 heteroatoms. The van der Waals surface area contributed by atoms with Crippen molar-refractivity contribution >= 4 is 39.0 Å². The Hall–Kier alpha value is -3.18. The quantitative estimate of drug-likeness (QED) is 0.490. The lowest BCUT2D eigenvalue weighted by molar-refractivity contribution is -0.116. The predicted molar refractivity (Wildman–Crippen MR) is 118 cm³/mol. The molecule has 1 aromatic heterocycles. The van der Waals surface area contributed by atoms with Gasteiger partial charge in [0.15, 0.2) is 0 Å². The van der Waals surface area contributed by atoms with Gasteiger partial charge in [0.05, 0.1) is 24.8 Å². The molecular formula is C20H22N4O5S2. The number of nitrogens with two attached hydrogens (primary N) is 1. The molecule has 0 aliphatic heterocycles. The number of hydrogen-bond donors (Lipinski definition) is 2. The van der Waals surface area contributed by atoms with E-state index in [-0.39, 0.29) is 27.2 Å². The van der Waals surface area contributed by atoms with Crippen molar-refractivity contribution in [3.63, 3.8) is 0 Å². The first-order valence-electron chi connectivity index (χ1n) is 9.04. The van der Waals surface area contributed by atoms with Gasteiger partial charge in [0.1, 0.15) is 33.8 Å². The topological polar surface area (TPSA) is 126 Å². The molecule has 0 spiro atoms. The summed E-state index contributed by atoms with van der Waals surface area (Å²) in [6.07, 6.45) is 1.69. The summed E-state index contributed by atoms with van der Waals surface area (Å²) in [7, 11) is -0.912. The van der Waals surface area contributed by atoms with E-state index in [2.05, 4.69) is 10.4 Å². The molecule has 3 rings (SSSR count). The number of carbonyl (C=O) groups excluding carboxylic acids is 1. The van der Waals surface area contributed by atoms with Crippen molar-refractivity contribution in [2.24, 2.45) is 0 Å². The van der Waals surface area contributed by atoms with Crippen molar-refractivity contribution < 1.29 is 22.7 Å². The van der Waals surface area contributed by atoms with E-state index in [1.54, 1.807) is 42.7 Å². The van der Waals surface area contributed by atoms with Gasteiger partial charge in [0.25, 0.3) is 0 Å². The van der Waals surface area contributed by atoms with E-state index in [9.17, 15) is 13.2 Å². The standard InChI is InChI=1S/C20H22N4O5S2/c1-28-13-9-10-16(29-2)15(11-13)22-17(25)12-24-19(21)18(20(23-24)30-3)31(26,27)14-7-5-4-6-8-14/h4-11H,12,21H2,1-3H3,(H,22,25). The van der Waals surface area contributed by atoms with Crippen LogP contribution in [0.15, 0.2) is 63.3 Å². The zero-order valence-electron chi connectivity index (χ0n) is 17.2. The maximum atomic E-state index is 13.1. The maximum absolute atomic E-state index is 13.1. The Bertz CT molecular complexity index is 1190. The molecule has 0 bridgehead atoms. The zero-order chi connectivity index (χ0) is 22.6. The molecule has 0 radical (unpaired) electrons. The Balaban J connectivity index is 1.91. The Morgan fingerprint density at radius 1 is 1.16 bits per heavy atom. The van der Waals surface area contributed by atoms with Crippen LogP contribution in [0.3, 0.4) is 0 Å². The summed E-state index contributed by atoms with van der Waals surface area (Å²) in [4.78, 5) is 12.6. The Morgan fingerprint density at radius 3 is 2.48 bits per heavy atom. The second kappa shape index (κ2) is 9.31. The Kier molecular flexibility index (Phi) is 6.76. The molecule has 0 atom stereocenters. The number of nitrogen functional groups attached to an aromatic ring is 1. The van der Waals surface area contributed by atoms with Gasteiger partial charge in [-0.05, 0) is 30.5 Å². The highest BCUT2D eigenvalue weighted by molar-refractivity contribution is 7.99. The number of anilines is 2. The molecule has 164 valence electrons. The predicted octanol–water partition coefficient (Wildman–Crippen LogP) is 2.68. The largest absolute Gasteiger partial charge is 0.497 e. The number of methoxy groups -OCH3 is 2. The van der Waals surface area contributed by atoms with E-state index in [0.717, 1.165) is 11.8 Å². The Labute approximate surface area is 184 Å². The van der Waals surface area contributed by atoms with Crippen LogP contribution in [-0.4, -0.2) is 44.6 Å². The number of sulfone groups is 1. The molecular weight excluding hydrogens is 440 g/mol. The first kappa shape index (κ1) is 22.5. The smallest absolute Gasteiger partial charge is 0.246 e. The van der Waals surface area contributed by atoms with Crippen LogP contribution in [0.25, 0.3) is 0 Å². The lowest BCUT2D eigenvalue weighted by Crippen LogP contribution is -2.21. The average molecular weight is 463 g/mol. The van der Waals surface area contributed by atoms with E-state index < -0.39 is 15.7 Å². The van der Waals surface area contributed by atoms with Gasteiger partial charge in [-0.25, -0.2) is 13.1 Å². The van der Waals surface area contributed by atoms with Gasteiger partial charge in [-0.1, -0.05) is 18.2 Å². The highest BCUT2D eigenvalue weighted by Gasteiger charge is 2.29. The van der Waals surface area contributed by atoms with E-state index in [1.807, 2.05) is 0 Å². The number of carbonyl (C=O) groups is 1. The van der Waals surface area contributed by atoms with Gasteiger partial charge in [-0.2, -0.15) is 5.10 Å². The number of hydrogen-bond acceptors (Lipinski definition) is 8. The third-order valence-electron chi connectivity index (χ3n) is 4.41. The summed E-state index contributed by atoms with van der Waals surface area (Å²) < 4.78 is 37.8. The van der Waals surface area contributed by atoms with Crippen molar-refractivity contribution in [3.05, 3.63) is 48.5 Å². The SMILES string of the molecule is COc1ccc(OC)c(NC(=O)Cn2nc(SC)c(S(=O)(=O)c3ccccc3)c2N)c1. The third-order valence-corrected chi connectivity index (χ3v) is 7.04. The number of ether oxygens (including phenoxy) is 2. The summed E-state index contributed by atoms with van der Waals surface area (Å²) in [6.45, 7) is -0.288. The maximum Gasteiger partial charge on any atom is 0.246 e. The van der Waals surface area contributed by atoms with E-state index in [0.29, 0.717) is 17.2 Å². The van der Waals surface area contributed by atoms with Crippen LogP contribution < -0.4 is 20.5 Å². The minimum absolute atomic E-state index is 0.0992. The first-order chi connectivity index (χ1) is 14.8. The van der Waals surface area contributed by atoms with Crippen molar-refractivity contribution in [3.8, 4) is 11.5 Å². The summed E-state index contributed by atoms with van der Waals surface area (Å²) in [6, 6.07) is 12.9. The second-order valence-corrected chi connectivity index (χ2v) is 8.99. The molecule has 0 aliphatic rings. The van der Waals surface area contributed by atoms with Gasteiger partial charge in [-0.3, -0.25) is 4.79 Å². The van der Waals surface area contributed by atoms with Crippen LogP contribution in [0.2, 0.25) is 0 Å². The summed E-state index contributed by atoms with van der Waals surface area (Å²) in [5.74, 6) is 0.411. The minimum Gasteiger partial charge on any atom is -0.497 e. The van der Waals surface area contributed by atoms with Gasteiger partial charge in [0, 0.05) is 6.07 Å². The lowest BCUT2D eigenvalue weighted by Gasteiger charge is -2.12. The molecule has 0 saturated carbocycles. The molecule has 3 aromatic rings. The van der Waals surface area contributed by atoms with Crippen molar-refractivity contribution in [2.75, 3.05) is 31.5 Å². The summed E-state index contributed by atoms with van der Waals surface area (Å²) in [5, 5.41) is 7.16. The number of nitrogens with one attached hydrogen (secondary N) is 1. The van der Waals surface area contributed by atoms with Crippen molar-refractivity contribution in [1.82, 2.24) is 9.78 Å². The van der Waals surface area contributed by atoms with Gasteiger partial charge in [-0.15, -0.1) is 11.8 Å². The molecule has 2 aromatic carbocycles. The van der Waals surface area contributed by atoms with Crippen LogP contribution >= 0.6 is 11.8 Å². The number of amides is 1. The number of aromatic nitrogens is 2. The van der Waals surface area contributed by atoms with Crippen molar-refractivity contribution in [1.29, 1.82) is 0 Å². The molecule has 9 nitrogen and oxygen atoms in total. The average Bonchev–Trinajstić information content (AvgIpc) is 3.09. The van der Waals surface area contributed by atoms with Gasteiger partial charge in [0.2, 0.25) is 15.7 Å². The first-order valence-corrected chi connectivity index (χ1v) is 11.7. The van der Waals surface area contributed by atoms with Gasteiger partial charge < -0.3 is 20.5 Å². The fourth-order valence-electron chi connectivity index (χ4n) is 2.90. The number of rotatable bonds is 8. The molecule has 0 aliphatic carbocycles. The molecule has 3 N–H and O–H groups in total. The van der Waals surface area contributed by atoms with Gasteiger partial charge >= 0.3 is 0 Å². The number of benzene rings is 2. The van der Waals surface area contributed by atoms with Crippen molar-refractivity contribution in [2.45, 2.75) is 21.4 Å². The van der Waals surface area contributed by atoms with Crippen LogP contribution in [-0.2, 0) is 21.2 Å². The van der Waals surface area contributed by atoms with Crippen LogP contribution in [0.4, 0.5) is 11.5 Å². The van der Waals surface area contributed by atoms with Crippen LogP contribution in [0, 0.1) is 0 Å². The summed E-state index contributed by atoms with van der Waals surface area (Å²) >= 11 is 1.13.